The minimum atomic E-state index is -3.65. The van der Waals surface area contributed by atoms with E-state index in [0.717, 1.165) is 43.9 Å². The fourth-order valence-corrected chi connectivity index (χ4v) is 4.66. The largest absolute Gasteiger partial charge is 0.382 e. The summed E-state index contributed by atoms with van der Waals surface area (Å²) >= 11 is 0. The zero-order chi connectivity index (χ0) is 21.8. The van der Waals surface area contributed by atoms with Crippen LogP contribution in [0.1, 0.15) is 24.6 Å². The van der Waals surface area contributed by atoms with Crippen LogP contribution in [-0.4, -0.2) is 48.7 Å². The van der Waals surface area contributed by atoms with Gasteiger partial charge in [0.1, 0.15) is 11.6 Å². The fourth-order valence-electron chi connectivity index (χ4n) is 3.69. The Balaban J connectivity index is 1.29. The Morgan fingerprint density at radius 3 is 2.52 bits per heavy atom. The molecule has 31 heavy (non-hydrogen) atoms. The second kappa shape index (κ2) is 9.15. The Kier molecular flexibility index (Phi) is 6.33. The molecule has 0 saturated carbocycles. The standard InChI is InChI=1S/C22H23F2N3O3S/c23-19-7-6-17(14-20(19)24)21-15-25-22(26-21)16-8-10-27(11-9-16)12-13-31(28,29)30-18-4-2-1-3-5-18/h1-7,14-16H,8-13H2,(H,25,26). The Morgan fingerprint density at radius 1 is 1.06 bits per heavy atom. The average molecular weight is 448 g/mol. The van der Waals surface area contributed by atoms with Crippen LogP contribution in [0.2, 0.25) is 0 Å². The number of aromatic amines is 1. The molecule has 1 aliphatic rings. The highest BCUT2D eigenvalue weighted by molar-refractivity contribution is 7.87. The van der Waals surface area contributed by atoms with Crippen molar-refractivity contribution >= 4 is 10.1 Å². The summed E-state index contributed by atoms with van der Waals surface area (Å²) in [6.07, 6.45) is 3.27. The van der Waals surface area contributed by atoms with E-state index in [4.69, 9.17) is 4.18 Å². The Hall–Kier alpha value is -2.78. The number of hydrogen-bond acceptors (Lipinski definition) is 5. The third kappa shape index (κ3) is 5.48. The molecule has 1 fully saturated rings. The number of imidazole rings is 1. The maximum Gasteiger partial charge on any atom is 0.310 e. The summed E-state index contributed by atoms with van der Waals surface area (Å²) in [6, 6.07) is 12.2. The molecule has 1 aliphatic heterocycles. The van der Waals surface area contributed by atoms with Crippen molar-refractivity contribution in [1.82, 2.24) is 14.9 Å². The lowest BCUT2D eigenvalue weighted by molar-refractivity contribution is 0.219. The smallest absolute Gasteiger partial charge is 0.310 e. The highest BCUT2D eigenvalue weighted by Gasteiger charge is 2.24. The van der Waals surface area contributed by atoms with Gasteiger partial charge in [-0.25, -0.2) is 13.8 Å². The lowest BCUT2D eigenvalue weighted by Crippen LogP contribution is -2.37. The van der Waals surface area contributed by atoms with Gasteiger partial charge in [0, 0.05) is 18.0 Å². The molecule has 6 nitrogen and oxygen atoms in total. The molecule has 9 heteroatoms. The quantitative estimate of drug-likeness (QED) is 0.555. The van der Waals surface area contributed by atoms with Crippen LogP contribution in [0.15, 0.2) is 54.7 Å². The van der Waals surface area contributed by atoms with Crippen molar-refractivity contribution in [1.29, 1.82) is 0 Å². The van der Waals surface area contributed by atoms with Gasteiger partial charge in [-0.05, 0) is 56.3 Å². The Labute approximate surface area is 180 Å². The Bertz CT molecular complexity index is 1130. The van der Waals surface area contributed by atoms with E-state index in [2.05, 4.69) is 14.9 Å². The number of hydrogen-bond donors (Lipinski definition) is 1. The molecule has 0 bridgehead atoms. The number of nitrogens with one attached hydrogen (secondary N) is 1. The summed E-state index contributed by atoms with van der Waals surface area (Å²) in [5, 5.41) is 0. The number of H-pyrrole nitrogens is 1. The van der Waals surface area contributed by atoms with Crippen LogP contribution in [0.3, 0.4) is 0 Å². The van der Waals surface area contributed by atoms with Crippen molar-refractivity contribution in [2.45, 2.75) is 18.8 Å². The molecule has 1 aromatic heterocycles. The zero-order valence-corrected chi connectivity index (χ0v) is 17.6. The summed E-state index contributed by atoms with van der Waals surface area (Å²) in [6.45, 7) is 1.89. The van der Waals surface area contributed by atoms with Crippen molar-refractivity contribution in [3.05, 3.63) is 72.2 Å². The summed E-state index contributed by atoms with van der Waals surface area (Å²) in [4.78, 5) is 9.73. The molecular formula is C22H23F2N3O3S. The first-order valence-electron chi connectivity index (χ1n) is 10.1. The van der Waals surface area contributed by atoms with Gasteiger partial charge >= 0.3 is 10.1 Å². The molecule has 1 saturated heterocycles. The van der Waals surface area contributed by atoms with Crippen LogP contribution < -0.4 is 4.18 Å². The molecular weight excluding hydrogens is 424 g/mol. The minimum Gasteiger partial charge on any atom is -0.382 e. The number of likely N-dealkylation sites (tertiary alicyclic amines) is 1. The van der Waals surface area contributed by atoms with Crippen molar-refractivity contribution < 1.29 is 21.4 Å². The topological polar surface area (TPSA) is 75.3 Å². The van der Waals surface area contributed by atoms with Gasteiger partial charge in [0.05, 0.1) is 17.6 Å². The van der Waals surface area contributed by atoms with E-state index in [-0.39, 0.29) is 11.7 Å². The second-order valence-corrected chi connectivity index (χ2v) is 9.28. The summed E-state index contributed by atoms with van der Waals surface area (Å²) in [5.41, 5.74) is 1.18. The van der Waals surface area contributed by atoms with Gasteiger partial charge in [0.15, 0.2) is 11.6 Å². The van der Waals surface area contributed by atoms with Gasteiger partial charge in [-0.1, -0.05) is 18.2 Å². The molecule has 0 aliphatic carbocycles. The zero-order valence-electron chi connectivity index (χ0n) is 16.8. The van der Waals surface area contributed by atoms with Crippen LogP contribution in [0, 0.1) is 11.6 Å². The molecule has 4 rings (SSSR count). The van der Waals surface area contributed by atoms with Crippen LogP contribution >= 0.6 is 0 Å². The molecule has 0 spiro atoms. The van der Waals surface area contributed by atoms with E-state index in [0.29, 0.717) is 23.6 Å². The van der Waals surface area contributed by atoms with Gasteiger partial charge in [0.2, 0.25) is 0 Å². The molecule has 2 aromatic carbocycles. The van der Waals surface area contributed by atoms with E-state index in [1.165, 1.54) is 6.07 Å². The predicted molar refractivity (Wildman–Crippen MR) is 113 cm³/mol. The summed E-state index contributed by atoms with van der Waals surface area (Å²) in [7, 11) is -3.65. The number of halogens is 2. The third-order valence-electron chi connectivity index (χ3n) is 5.42. The van der Waals surface area contributed by atoms with Crippen molar-refractivity contribution in [2.75, 3.05) is 25.4 Å². The second-order valence-electron chi connectivity index (χ2n) is 7.59. The third-order valence-corrected chi connectivity index (χ3v) is 6.55. The number of para-hydroxylation sites is 1. The number of benzene rings is 2. The molecule has 1 N–H and O–H groups in total. The summed E-state index contributed by atoms with van der Waals surface area (Å²) < 4.78 is 56.1. The average Bonchev–Trinajstić information content (AvgIpc) is 3.25. The van der Waals surface area contributed by atoms with E-state index >= 15 is 0 Å². The van der Waals surface area contributed by atoms with Gasteiger partial charge < -0.3 is 14.1 Å². The van der Waals surface area contributed by atoms with E-state index in [1.54, 1.807) is 36.5 Å². The first-order valence-corrected chi connectivity index (χ1v) is 11.7. The first-order chi connectivity index (χ1) is 14.9. The Morgan fingerprint density at radius 2 is 1.81 bits per heavy atom. The molecule has 164 valence electrons. The van der Waals surface area contributed by atoms with Crippen molar-refractivity contribution in [3.63, 3.8) is 0 Å². The minimum absolute atomic E-state index is 0.0758. The van der Waals surface area contributed by atoms with Gasteiger partial charge in [-0.3, -0.25) is 0 Å². The monoisotopic (exact) mass is 447 g/mol. The van der Waals surface area contributed by atoms with Gasteiger partial charge in [0.25, 0.3) is 0 Å². The highest BCUT2D eigenvalue weighted by atomic mass is 32.2. The normalized spacial score (nSPS) is 15.8. The SMILES string of the molecule is O=S(=O)(CCN1CCC(c2ncc(-c3ccc(F)c(F)c3)[nH]2)CC1)Oc1ccccc1. The van der Waals surface area contributed by atoms with Crippen molar-refractivity contribution in [3.8, 4) is 17.0 Å². The molecule has 2 heterocycles. The van der Waals surface area contributed by atoms with Crippen LogP contribution in [0.25, 0.3) is 11.3 Å². The molecule has 0 amide bonds. The molecule has 0 unspecified atom stereocenters. The highest BCUT2D eigenvalue weighted by Crippen LogP contribution is 2.28. The lowest BCUT2D eigenvalue weighted by atomic mass is 9.96. The summed E-state index contributed by atoms with van der Waals surface area (Å²) in [5.74, 6) is -0.531. The van der Waals surface area contributed by atoms with Crippen LogP contribution in [-0.2, 0) is 10.1 Å². The number of piperidine rings is 1. The van der Waals surface area contributed by atoms with E-state index in [1.807, 2.05) is 0 Å². The number of aromatic nitrogens is 2. The van der Waals surface area contributed by atoms with E-state index < -0.39 is 21.8 Å². The van der Waals surface area contributed by atoms with Gasteiger partial charge in [-0.15, -0.1) is 0 Å². The molecule has 3 aromatic rings. The molecule has 0 atom stereocenters. The maximum atomic E-state index is 13.5. The van der Waals surface area contributed by atoms with Crippen molar-refractivity contribution in [2.24, 2.45) is 0 Å². The van der Waals surface area contributed by atoms with Gasteiger partial charge in [-0.2, -0.15) is 8.42 Å². The first kappa shape index (κ1) is 21.5. The predicted octanol–water partition coefficient (Wildman–Crippen LogP) is 3.94. The maximum absolute atomic E-state index is 13.5. The lowest BCUT2D eigenvalue weighted by Gasteiger charge is -2.30. The van der Waals surface area contributed by atoms with Crippen LogP contribution in [0.4, 0.5) is 8.78 Å². The van der Waals surface area contributed by atoms with Crippen LogP contribution in [0.5, 0.6) is 5.75 Å². The number of rotatable bonds is 7. The number of nitrogens with zero attached hydrogens (tertiary/aromatic N) is 2. The fraction of sp³-hybridized carbons (Fsp3) is 0.318. The van der Waals surface area contributed by atoms with E-state index in [9.17, 15) is 17.2 Å². The molecule has 0 radical (unpaired) electrons.